The SMILES string of the molecule is COC(=O)Cc1c(C)nn(Cc2cccc(Cl)c2)c1C. The zero-order chi connectivity index (χ0) is 14.7. The fourth-order valence-corrected chi connectivity index (χ4v) is 2.38. The van der Waals surface area contributed by atoms with E-state index in [9.17, 15) is 4.79 Å². The molecular formula is C15H17ClN2O2. The Morgan fingerprint density at radius 3 is 2.80 bits per heavy atom. The Balaban J connectivity index is 2.25. The van der Waals surface area contributed by atoms with E-state index in [0.717, 1.165) is 22.5 Å². The molecule has 0 atom stereocenters. The minimum Gasteiger partial charge on any atom is -0.469 e. The molecule has 0 unspecified atom stereocenters. The lowest BCUT2D eigenvalue weighted by atomic mass is 10.1. The van der Waals surface area contributed by atoms with Crippen LogP contribution in [-0.4, -0.2) is 22.9 Å². The van der Waals surface area contributed by atoms with Gasteiger partial charge in [0.1, 0.15) is 0 Å². The average molecular weight is 293 g/mol. The second-order valence-corrected chi connectivity index (χ2v) is 5.13. The number of carbonyl (C=O) groups is 1. The highest BCUT2D eigenvalue weighted by Gasteiger charge is 2.15. The maximum Gasteiger partial charge on any atom is 0.310 e. The lowest BCUT2D eigenvalue weighted by molar-refractivity contribution is -0.139. The van der Waals surface area contributed by atoms with E-state index in [-0.39, 0.29) is 12.4 Å². The molecule has 0 aliphatic carbocycles. The summed E-state index contributed by atoms with van der Waals surface area (Å²) in [6.45, 7) is 4.50. The first-order chi connectivity index (χ1) is 9.51. The third-order valence-electron chi connectivity index (χ3n) is 3.30. The molecule has 1 heterocycles. The van der Waals surface area contributed by atoms with Crippen LogP contribution in [0.3, 0.4) is 0 Å². The third-order valence-corrected chi connectivity index (χ3v) is 3.54. The fraction of sp³-hybridized carbons (Fsp3) is 0.333. The number of aromatic nitrogens is 2. The van der Waals surface area contributed by atoms with Crippen LogP contribution in [0.5, 0.6) is 0 Å². The summed E-state index contributed by atoms with van der Waals surface area (Å²) in [5.74, 6) is -0.251. The Labute approximate surface area is 123 Å². The van der Waals surface area contributed by atoms with Crippen molar-refractivity contribution in [2.24, 2.45) is 0 Å². The van der Waals surface area contributed by atoms with Crippen molar-refractivity contribution >= 4 is 17.6 Å². The van der Waals surface area contributed by atoms with Crippen molar-refractivity contribution in [3.8, 4) is 0 Å². The predicted molar refractivity (Wildman–Crippen MR) is 78.0 cm³/mol. The second-order valence-electron chi connectivity index (χ2n) is 4.69. The normalized spacial score (nSPS) is 10.6. The first kappa shape index (κ1) is 14.6. The van der Waals surface area contributed by atoms with Gasteiger partial charge in [-0.2, -0.15) is 5.10 Å². The monoisotopic (exact) mass is 292 g/mol. The van der Waals surface area contributed by atoms with Crippen molar-refractivity contribution in [3.63, 3.8) is 0 Å². The van der Waals surface area contributed by atoms with E-state index in [1.807, 2.05) is 42.8 Å². The molecule has 106 valence electrons. The maximum absolute atomic E-state index is 11.4. The smallest absolute Gasteiger partial charge is 0.310 e. The maximum atomic E-state index is 11.4. The van der Waals surface area contributed by atoms with Crippen LogP contribution in [0.4, 0.5) is 0 Å². The van der Waals surface area contributed by atoms with Crippen LogP contribution in [0.25, 0.3) is 0 Å². The number of esters is 1. The summed E-state index contributed by atoms with van der Waals surface area (Å²) in [5.41, 5.74) is 3.84. The van der Waals surface area contributed by atoms with Crippen LogP contribution in [-0.2, 0) is 22.5 Å². The molecular weight excluding hydrogens is 276 g/mol. The molecule has 0 saturated heterocycles. The number of ether oxygens (including phenoxy) is 1. The van der Waals surface area contributed by atoms with E-state index >= 15 is 0 Å². The van der Waals surface area contributed by atoms with E-state index in [1.165, 1.54) is 7.11 Å². The Kier molecular flexibility index (Phi) is 4.45. The molecule has 0 N–H and O–H groups in total. The van der Waals surface area contributed by atoms with Crippen LogP contribution < -0.4 is 0 Å². The highest BCUT2D eigenvalue weighted by molar-refractivity contribution is 6.30. The minimum absolute atomic E-state index is 0.251. The molecule has 20 heavy (non-hydrogen) atoms. The zero-order valence-electron chi connectivity index (χ0n) is 11.8. The first-order valence-corrected chi connectivity index (χ1v) is 6.73. The Morgan fingerprint density at radius 1 is 1.40 bits per heavy atom. The molecule has 0 aliphatic rings. The van der Waals surface area contributed by atoms with Crippen LogP contribution >= 0.6 is 11.6 Å². The number of carbonyl (C=O) groups excluding carboxylic acids is 1. The molecule has 0 spiro atoms. The van der Waals surface area contributed by atoms with Gasteiger partial charge in [0.25, 0.3) is 0 Å². The van der Waals surface area contributed by atoms with Gasteiger partial charge in [-0.05, 0) is 31.5 Å². The summed E-state index contributed by atoms with van der Waals surface area (Å²) >= 11 is 5.98. The van der Waals surface area contributed by atoms with Gasteiger partial charge in [-0.15, -0.1) is 0 Å². The quantitative estimate of drug-likeness (QED) is 0.814. The van der Waals surface area contributed by atoms with E-state index in [4.69, 9.17) is 16.3 Å². The van der Waals surface area contributed by atoms with E-state index in [1.54, 1.807) is 0 Å². The van der Waals surface area contributed by atoms with Crippen LogP contribution in [0.15, 0.2) is 24.3 Å². The van der Waals surface area contributed by atoms with Crippen molar-refractivity contribution in [3.05, 3.63) is 51.8 Å². The Bertz CT molecular complexity index is 635. The number of aryl methyl sites for hydroxylation is 1. The summed E-state index contributed by atoms with van der Waals surface area (Å²) in [4.78, 5) is 11.4. The van der Waals surface area contributed by atoms with Gasteiger partial charge in [-0.25, -0.2) is 0 Å². The molecule has 0 aliphatic heterocycles. The van der Waals surface area contributed by atoms with Crippen molar-refractivity contribution < 1.29 is 9.53 Å². The highest BCUT2D eigenvalue weighted by Crippen LogP contribution is 2.17. The molecule has 1 aromatic heterocycles. The minimum atomic E-state index is -0.251. The molecule has 0 saturated carbocycles. The van der Waals surface area contributed by atoms with Crippen molar-refractivity contribution in [2.45, 2.75) is 26.8 Å². The molecule has 4 nitrogen and oxygen atoms in total. The van der Waals surface area contributed by atoms with Gasteiger partial charge in [0.15, 0.2) is 0 Å². The van der Waals surface area contributed by atoms with Crippen LogP contribution in [0.2, 0.25) is 5.02 Å². The van der Waals surface area contributed by atoms with E-state index in [2.05, 4.69) is 5.10 Å². The molecule has 2 aromatic rings. The molecule has 0 radical (unpaired) electrons. The van der Waals surface area contributed by atoms with Gasteiger partial charge in [0, 0.05) is 16.3 Å². The van der Waals surface area contributed by atoms with Gasteiger partial charge in [-0.1, -0.05) is 23.7 Å². The standard InChI is InChI=1S/C15H17ClN2O2/c1-10-14(8-15(19)20-3)11(2)18(17-10)9-12-5-4-6-13(16)7-12/h4-7H,8-9H2,1-3H3. The summed E-state index contributed by atoms with van der Waals surface area (Å²) in [5, 5.41) is 5.20. The highest BCUT2D eigenvalue weighted by atomic mass is 35.5. The molecule has 0 amide bonds. The second kappa shape index (κ2) is 6.09. The predicted octanol–water partition coefficient (Wildman–Crippen LogP) is 2.92. The van der Waals surface area contributed by atoms with Gasteiger partial charge >= 0.3 is 5.97 Å². The Hall–Kier alpha value is -1.81. The largest absolute Gasteiger partial charge is 0.469 e. The van der Waals surface area contributed by atoms with E-state index < -0.39 is 0 Å². The third kappa shape index (κ3) is 3.20. The molecule has 0 bridgehead atoms. The van der Waals surface area contributed by atoms with Crippen LogP contribution in [0, 0.1) is 13.8 Å². The average Bonchev–Trinajstić information content (AvgIpc) is 2.66. The number of rotatable bonds is 4. The lowest BCUT2D eigenvalue weighted by Gasteiger charge is -2.06. The summed E-state index contributed by atoms with van der Waals surface area (Å²) in [6.07, 6.45) is 0.254. The molecule has 1 aromatic carbocycles. The van der Waals surface area contributed by atoms with Crippen molar-refractivity contribution in [1.82, 2.24) is 9.78 Å². The van der Waals surface area contributed by atoms with Crippen molar-refractivity contribution in [2.75, 3.05) is 7.11 Å². The molecule has 2 rings (SSSR count). The molecule has 0 fully saturated rings. The molecule has 5 heteroatoms. The van der Waals surface area contributed by atoms with Gasteiger partial charge in [0.2, 0.25) is 0 Å². The summed E-state index contributed by atoms with van der Waals surface area (Å²) < 4.78 is 6.60. The number of benzene rings is 1. The lowest BCUT2D eigenvalue weighted by Crippen LogP contribution is -2.07. The van der Waals surface area contributed by atoms with Gasteiger partial charge in [0.05, 0.1) is 25.8 Å². The zero-order valence-corrected chi connectivity index (χ0v) is 12.6. The van der Waals surface area contributed by atoms with Crippen LogP contribution in [0.1, 0.15) is 22.5 Å². The van der Waals surface area contributed by atoms with Gasteiger partial charge in [-0.3, -0.25) is 9.48 Å². The van der Waals surface area contributed by atoms with Crippen molar-refractivity contribution in [1.29, 1.82) is 0 Å². The Morgan fingerprint density at radius 2 is 2.15 bits per heavy atom. The number of nitrogens with zero attached hydrogens (tertiary/aromatic N) is 2. The summed E-state index contributed by atoms with van der Waals surface area (Å²) in [7, 11) is 1.39. The number of hydrogen-bond donors (Lipinski definition) is 0. The number of halogens is 1. The van der Waals surface area contributed by atoms with E-state index in [0.29, 0.717) is 11.6 Å². The number of methoxy groups -OCH3 is 1. The fourth-order valence-electron chi connectivity index (χ4n) is 2.17. The summed E-state index contributed by atoms with van der Waals surface area (Å²) in [6, 6.07) is 7.67. The topological polar surface area (TPSA) is 44.1 Å². The van der Waals surface area contributed by atoms with Gasteiger partial charge < -0.3 is 4.74 Å². The number of hydrogen-bond acceptors (Lipinski definition) is 3. The first-order valence-electron chi connectivity index (χ1n) is 6.35.